The smallest absolute Gasteiger partial charge is 0.229 e. The molecule has 0 radical (unpaired) electrons. The highest BCUT2D eigenvalue weighted by Gasteiger charge is 2.04. The topological polar surface area (TPSA) is 76.9 Å². The van der Waals surface area contributed by atoms with E-state index in [1.165, 1.54) is 5.69 Å². The molecule has 1 heterocycles. The minimum atomic E-state index is 0.507. The van der Waals surface area contributed by atoms with Gasteiger partial charge in [-0.2, -0.15) is 10.2 Å². The number of anilines is 5. The van der Waals surface area contributed by atoms with E-state index in [0.29, 0.717) is 17.3 Å². The van der Waals surface area contributed by atoms with Gasteiger partial charge in [0, 0.05) is 36.3 Å². The maximum absolute atomic E-state index is 9.01. The van der Waals surface area contributed by atoms with Gasteiger partial charge in [-0.3, -0.25) is 0 Å². The zero-order valence-electron chi connectivity index (χ0n) is 15.5. The Morgan fingerprint density at radius 1 is 0.963 bits per heavy atom. The Bertz CT molecular complexity index is 926. The van der Waals surface area contributed by atoms with E-state index >= 15 is 0 Å². The molecule has 27 heavy (non-hydrogen) atoms. The summed E-state index contributed by atoms with van der Waals surface area (Å²) in [6.07, 6.45) is 1.69. The second kappa shape index (κ2) is 8.68. The molecule has 0 bridgehead atoms. The predicted octanol–water partition coefficient (Wildman–Crippen LogP) is 4.68. The molecule has 3 aromatic rings. The third-order valence-corrected chi connectivity index (χ3v) is 4.17. The van der Waals surface area contributed by atoms with E-state index in [4.69, 9.17) is 5.26 Å². The monoisotopic (exact) mass is 358 g/mol. The fraction of sp³-hybridized carbons (Fsp3) is 0.190. The first kappa shape index (κ1) is 18.2. The average molecular weight is 358 g/mol. The van der Waals surface area contributed by atoms with Crippen LogP contribution in [0, 0.1) is 11.3 Å². The minimum Gasteiger partial charge on any atom is -0.372 e. The largest absolute Gasteiger partial charge is 0.372 e. The van der Waals surface area contributed by atoms with Crippen molar-refractivity contribution in [3.05, 3.63) is 66.4 Å². The quantitative estimate of drug-likeness (QED) is 0.638. The first-order valence-electron chi connectivity index (χ1n) is 8.94. The van der Waals surface area contributed by atoms with Crippen LogP contribution in [-0.2, 0) is 0 Å². The lowest BCUT2D eigenvalue weighted by atomic mass is 10.2. The molecule has 2 aromatic carbocycles. The summed E-state index contributed by atoms with van der Waals surface area (Å²) in [4.78, 5) is 11.0. The number of rotatable bonds is 7. The SMILES string of the molecule is CCN(CC)c1ccc(Nc2nccc(Nc3cccc(C#N)c3)n2)cc1. The van der Waals surface area contributed by atoms with Crippen molar-refractivity contribution < 1.29 is 0 Å². The van der Waals surface area contributed by atoms with E-state index < -0.39 is 0 Å². The lowest BCUT2D eigenvalue weighted by Gasteiger charge is -2.21. The van der Waals surface area contributed by atoms with E-state index in [-0.39, 0.29) is 0 Å². The molecule has 6 heteroatoms. The predicted molar refractivity (Wildman–Crippen MR) is 110 cm³/mol. The summed E-state index contributed by atoms with van der Waals surface area (Å²) in [5, 5.41) is 15.4. The zero-order valence-corrected chi connectivity index (χ0v) is 15.5. The van der Waals surface area contributed by atoms with Gasteiger partial charge in [-0.1, -0.05) is 6.07 Å². The van der Waals surface area contributed by atoms with Gasteiger partial charge >= 0.3 is 0 Å². The summed E-state index contributed by atoms with van der Waals surface area (Å²) in [6.45, 7) is 6.25. The molecule has 0 aliphatic carbocycles. The average Bonchev–Trinajstić information content (AvgIpc) is 2.70. The molecule has 0 fully saturated rings. The Morgan fingerprint density at radius 3 is 2.44 bits per heavy atom. The van der Waals surface area contributed by atoms with E-state index in [0.717, 1.165) is 24.5 Å². The number of hydrogen-bond donors (Lipinski definition) is 2. The third kappa shape index (κ3) is 4.73. The number of aromatic nitrogens is 2. The molecule has 0 unspecified atom stereocenters. The molecule has 0 spiro atoms. The number of nitrogens with one attached hydrogen (secondary N) is 2. The van der Waals surface area contributed by atoms with Crippen LogP contribution in [0.5, 0.6) is 0 Å². The van der Waals surface area contributed by atoms with Crippen molar-refractivity contribution in [2.75, 3.05) is 28.6 Å². The Kier molecular flexibility index (Phi) is 5.85. The fourth-order valence-corrected chi connectivity index (χ4v) is 2.78. The fourth-order valence-electron chi connectivity index (χ4n) is 2.78. The van der Waals surface area contributed by atoms with Crippen molar-refractivity contribution in [2.45, 2.75) is 13.8 Å². The second-order valence-electron chi connectivity index (χ2n) is 5.93. The highest BCUT2D eigenvalue weighted by molar-refractivity contribution is 5.62. The molecule has 1 aromatic heterocycles. The van der Waals surface area contributed by atoms with Crippen LogP contribution in [0.1, 0.15) is 19.4 Å². The maximum Gasteiger partial charge on any atom is 0.229 e. The van der Waals surface area contributed by atoms with Gasteiger partial charge in [0.25, 0.3) is 0 Å². The van der Waals surface area contributed by atoms with E-state index in [2.05, 4.69) is 57.6 Å². The maximum atomic E-state index is 9.01. The molecule has 0 aliphatic rings. The molecule has 136 valence electrons. The summed E-state index contributed by atoms with van der Waals surface area (Å²) < 4.78 is 0. The van der Waals surface area contributed by atoms with Crippen LogP contribution in [0.4, 0.5) is 28.8 Å². The standard InChI is InChI=1S/C21H22N6/c1-3-27(4-2)19-10-8-17(9-11-19)25-21-23-13-12-20(26-21)24-18-7-5-6-16(14-18)15-22/h5-14H,3-4H2,1-2H3,(H2,23,24,25,26). The summed E-state index contributed by atoms with van der Waals surface area (Å²) in [7, 11) is 0. The number of nitriles is 1. The van der Waals surface area contributed by atoms with Crippen LogP contribution in [0.2, 0.25) is 0 Å². The minimum absolute atomic E-state index is 0.507. The Balaban J connectivity index is 1.71. The van der Waals surface area contributed by atoms with Gasteiger partial charge in [0.05, 0.1) is 11.6 Å². The van der Waals surface area contributed by atoms with Gasteiger partial charge < -0.3 is 15.5 Å². The van der Waals surface area contributed by atoms with Crippen LogP contribution in [-0.4, -0.2) is 23.1 Å². The molecular weight excluding hydrogens is 336 g/mol. The highest BCUT2D eigenvalue weighted by Crippen LogP contribution is 2.21. The van der Waals surface area contributed by atoms with Crippen molar-refractivity contribution >= 4 is 28.8 Å². The first-order chi connectivity index (χ1) is 13.2. The molecule has 0 saturated carbocycles. The third-order valence-electron chi connectivity index (χ3n) is 4.17. The van der Waals surface area contributed by atoms with Gasteiger partial charge in [-0.15, -0.1) is 0 Å². The van der Waals surface area contributed by atoms with Gasteiger partial charge in [-0.25, -0.2) is 4.98 Å². The van der Waals surface area contributed by atoms with Crippen molar-refractivity contribution in [2.24, 2.45) is 0 Å². The Morgan fingerprint density at radius 2 is 1.74 bits per heavy atom. The van der Waals surface area contributed by atoms with Crippen molar-refractivity contribution in [3.8, 4) is 6.07 Å². The molecule has 3 rings (SSSR count). The zero-order chi connectivity index (χ0) is 19.1. The molecule has 0 aliphatic heterocycles. The summed E-state index contributed by atoms with van der Waals surface area (Å²) in [5.41, 5.74) is 3.52. The summed E-state index contributed by atoms with van der Waals surface area (Å²) in [6, 6.07) is 19.4. The Labute approximate surface area is 159 Å². The normalized spacial score (nSPS) is 10.1. The lowest BCUT2D eigenvalue weighted by molar-refractivity contribution is 0.866. The van der Waals surface area contributed by atoms with E-state index in [1.807, 2.05) is 24.3 Å². The van der Waals surface area contributed by atoms with Crippen LogP contribution >= 0.6 is 0 Å². The molecule has 2 N–H and O–H groups in total. The van der Waals surface area contributed by atoms with Crippen LogP contribution < -0.4 is 15.5 Å². The van der Waals surface area contributed by atoms with Crippen LogP contribution in [0.3, 0.4) is 0 Å². The van der Waals surface area contributed by atoms with Gasteiger partial charge in [-0.05, 0) is 62.4 Å². The van der Waals surface area contributed by atoms with Gasteiger partial charge in [0.15, 0.2) is 0 Å². The number of hydrogen-bond acceptors (Lipinski definition) is 6. The molecule has 0 saturated heterocycles. The van der Waals surface area contributed by atoms with E-state index in [9.17, 15) is 0 Å². The second-order valence-corrected chi connectivity index (χ2v) is 5.93. The Hall–Kier alpha value is -3.59. The van der Waals surface area contributed by atoms with Crippen LogP contribution in [0.15, 0.2) is 60.8 Å². The molecular formula is C21H22N6. The molecule has 0 amide bonds. The van der Waals surface area contributed by atoms with Crippen molar-refractivity contribution in [1.82, 2.24) is 9.97 Å². The van der Waals surface area contributed by atoms with Crippen LogP contribution in [0.25, 0.3) is 0 Å². The van der Waals surface area contributed by atoms with Crippen molar-refractivity contribution in [3.63, 3.8) is 0 Å². The van der Waals surface area contributed by atoms with Crippen molar-refractivity contribution in [1.29, 1.82) is 5.26 Å². The summed E-state index contributed by atoms with van der Waals surface area (Å²) in [5.74, 6) is 1.16. The molecule has 6 nitrogen and oxygen atoms in total. The lowest BCUT2D eigenvalue weighted by Crippen LogP contribution is -2.21. The number of nitrogens with zero attached hydrogens (tertiary/aromatic N) is 4. The van der Waals surface area contributed by atoms with Gasteiger partial charge in [0.2, 0.25) is 5.95 Å². The summed E-state index contributed by atoms with van der Waals surface area (Å²) >= 11 is 0. The van der Waals surface area contributed by atoms with Gasteiger partial charge in [0.1, 0.15) is 5.82 Å². The highest BCUT2D eigenvalue weighted by atomic mass is 15.1. The van der Waals surface area contributed by atoms with E-state index in [1.54, 1.807) is 24.4 Å². The number of benzene rings is 2. The first-order valence-corrected chi connectivity index (χ1v) is 8.94. The molecule has 0 atom stereocenters.